The highest BCUT2D eigenvalue weighted by molar-refractivity contribution is 8.15. The second-order valence-corrected chi connectivity index (χ2v) is 5.05. The Morgan fingerprint density at radius 3 is 2.84 bits per heavy atom. The number of methoxy groups -OCH3 is 1. The molecule has 1 saturated heterocycles. The quantitative estimate of drug-likeness (QED) is 0.918. The molecule has 1 atom stereocenters. The van der Waals surface area contributed by atoms with Gasteiger partial charge in [-0.1, -0.05) is 17.8 Å². The third-order valence-corrected chi connectivity index (χ3v) is 3.82. The van der Waals surface area contributed by atoms with Crippen LogP contribution < -0.4 is 4.90 Å². The summed E-state index contributed by atoms with van der Waals surface area (Å²) in [6.45, 7) is 1.86. The summed E-state index contributed by atoms with van der Waals surface area (Å²) in [5.41, 5.74) is 1.81. The fourth-order valence-corrected chi connectivity index (χ4v) is 2.61. The van der Waals surface area contributed by atoms with Gasteiger partial charge < -0.3 is 4.74 Å². The molecule has 19 heavy (non-hydrogen) atoms. The fourth-order valence-electron chi connectivity index (χ4n) is 1.89. The van der Waals surface area contributed by atoms with Crippen LogP contribution >= 0.6 is 11.8 Å². The van der Waals surface area contributed by atoms with Gasteiger partial charge in [0.05, 0.1) is 29.2 Å². The molecule has 1 aliphatic heterocycles. The highest BCUT2D eigenvalue weighted by Crippen LogP contribution is 2.33. The number of ether oxygens (including phenoxy) is 1. The van der Waals surface area contributed by atoms with Crippen molar-refractivity contribution in [3.8, 4) is 6.07 Å². The van der Waals surface area contributed by atoms with Crippen LogP contribution in [0.5, 0.6) is 0 Å². The maximum absolute atomic E-state index is 11.9. The van der Waals surface area contributed by atoms with Crippen LogP contribution in [0, 0.1) is 16.7 Å². The maximum Gasteiger partial charge on any atom is 0.243 e. The number of benzene rings is 1. The zero-order chi connectivity index (χ0) is 14.0. The summed E-state index contributed by atoms with van der Waals surface area (Å²) >= 11 is 1.19. The molecule has 1 aromatic rings. The molecule has 0 aliphatic carbocycles. The molecule has 2 rings (SSSR count). The minimum atomic E-state index is -0.214. The van der Waals surface area contributed by atoms with Gasteiger partial charge in [-0.05, 0) is 19.1 Å². The lowest BCUT2D eigenvalue weighted by molar-refractivity contribution is -0.115. The van der Waals surface area contributed by atoms with E-state index in [4.69, 9.17) is 15.4 Å². The Balaban J connectivity index is 2.55. The van der Waals surface area contributed by atoms with E-state index < -0.39 is 0 Å². The molecule has 1 N–H and O–H groups in total. The Bertz CT molecular complexity index is 564. The van der Waals surface area contributed by atoms with Crippen LogP contribution in [-0.4, -0.2) is 23.9 Å². The molecule has 5 nitrogen and oxygen atoms in total. The second-order valence-electron chi connectivity index (χ2n) is 4.09. The number of nitriles is 1. The van der Waals surface area contributed by atoms with E-state index in [1.54, 1.807) is 25.3 Å². The van der Waals surface area contributed by atoms with Crippen LogP contribution in [0.15, 0.2) is 18.2 Å². The van der Waals surface area contributed by atoms with Crippen LogP contribution in [-0.2, 0) is 9.53 Å². The van der Waals surface area contributed by atoms with Crippen molar-refractivity contribution in [2.24, 2.45) is 0 Å². The van der Waals surface area contributed by atoms with Crippen molar-refractivity contribution in [1.29, 1.82) is 10.7 Å². The first kappa shape index (κ1) is 13.6. The number of hydrogen-bond acceptors (Lipinski definition) is 5. The van der Waals surface area contributed by atoms with E-state index in [2.05, 4.69) is 0 Å². The molecule has 1 aliphatic rings. The molecule has 0 aromatic heterocycles. The number of hydrogen-bond donors (Lipinski definition) is 1. The Hall–Kier alpha value is -1.84. The van der Waals surface area contributed by atoms with Crippen LogP contribution in [0.2, 0.25) is 0 Å². The molecule has 1 aromatic carbocycles. The van der Waals surface area contributed by atoms with Gasteiger partial charge in [-0.25, -0.2) is 0 Å². The van der Waals surface area contributed by atoms with Gasteiger partial charge in [0.15, 0.2) is 5.17 Å². The third kappa shape index (κ3) is 2.48. The number of anilines is 1. The van der Waals surface area contributed by atoms with Crippen LogP contribution in [0.4, 0.5) is 5.69 Å². The number of rotatable bonds is 3. The lowest BCUT2D eigenvalue weighted by Gasteiger charge is -2.22. The van der Waals surface area contributed by atoms with E-state index in [1.807, 2.05) is 13.0 Å². The Morgan fingerprint density at radius 2 is 2.32 bits per heavy atom. The smallest absolute Gasteiger partial charge is 0.243 e. The predicted molar refractivity (Wildman–Crippen MR) is 74.3 cm³/mol. The van der Waals surface area contributed by atoms with Crippen molar-refractivity contribution in [3.05, 3.63) is 29.3 Å². The van der Waals surface area contributed by atoms with E-state index in [0.29, 0.717) is 11.3 Å². The van der Waals surface area contributed by atoms with E-state index in [-0.39, 0.29) is 22.9 Å². The standard InChI is InChI=1S/C13H13N3O2S/c1-8(18-2)10-4-3-9(6-14)5-11(10)16-12(17)7-19-13(16)15/h3-5,8,15H,7H2,1-2H3. The molecular weight excluding hydrogens is 262 g/mol. The highest BCUT2D eigenvalue weighted by Gasteiger charge is 2.31. The fraction of sp³-hybridized carbons (Fsp3) is 0.308. The van der Waals surface area contributed by atoms with Gasteiger partial charge in [0, 0.05) is 12.7 Å². The molecule has 0 spiro atoms. The molecule has 1 unspecified atom stereocenters. The zero-order valence-corrected chi connectivity index (χ0v) is 11.5. The minimum absolute atomic E-state index is 0.144. The Kier molecular flexibility index (Phi) is 3.88. The molecule has 98 valence electrons. The molecule has 1 fully saturated rings. The van der Waals surface area contributed by atoms with Crippen LogP contribution in [0.25, 0.3) is 0 Å². The van der Waals surface area contributed by atoms with Crippen molar-refractivity contribution in [3.63, 3.8) is 0 Å². The zero-order valence-electron chi connectivity index (χ0n) is 10.6. The molecule has 0 saturated carbocycles. The monoisotopic (exact) mass is 275 g/mol. The summed E-state index contributed by atoms with van der Waals surface area (Å²) in [4.78, 5) is 13.2. The molecule has 1 heterocycles. The normalized spacial score (nSPS) is 16.6. The average molecular weight is 275 g/mol. The first-order valence-electron chi connectivity index (χ1n) is 5.69. The number of thioether (sulfide) groups is 1. The Labute approximate surface area is 115 Å². The number of carbonyl (C=O) groups excluding carboxylic acids is 1. The topological polar surface area (TPSA) is 77.2 Å². The first-order valence-corrected chi connectivity index (χ1v) is 6.68. The summed E-state index contributed by atoms with van der Waals surface area (Å²) in [6.07, 6.45) is -0.214. The Morgan fingerprint density at radius 1 is 1.58 bits per heavy atom. The molecule has 1 amide bonds. The molecule has 0 radical (unpaired) electrons. The average Bonchev–Trinajstić information content (AvgIpc) is 2.76. The molecule has 0 bridgehead atoms. The summed E-state index contributed by atoms with van der Waals surface area (Å²) in [5.74, 6) is 0.116. The summed E-state index contributed by atoms with van der Waals surface area (Å²) in [6, 6.07) is 7.13. The van der Waals surface area contributed by atoms with Crippen molar-refractivity contribution >= 4 is 28.5 Å². The van der Waals surface area contributed by atoms with Crippen molar-refractivity contribution in [2.45, 2.75) is 13.0 Å². The van der Waals surface area contributed by atoms with Gasteiger partial charge in [0.1, 0.15) is 0 Å². The highest BCUT2D eigenvalue weighted by atomic mass is 32.2. The molecule has 6 heteroatoms. The lowest BCUT2D eigenvalue weighted by atomic mass is 10.0. The SMILES string of the molecule is COC(C)c1ccc(C#N)cc1N1C(=N)SCC1=O. The largest absolute Gasteiger partial charge is 0.377 e. The van der Waals surface area contributed by atoms with Crippen molar-refractivity contribution in [1.82, 2.24) is 0 Å². The lowest BCUT2D eigenvalue weighted by Crippen LogP contribution is -2.30. The number of nitrogens with zero attached hydrogens (tertiary/aromatic N) is 2. The van der Waals surface area contributed by atoms with Gasteiger partial charge in [-0.3, -0.25) is 15.1 Å². The van der Waals surface area contributed by atoms with E-state index in [0.717, 1.165) is 5.56 Å². The first-order chi connectivity index (χ1) is 9.08. The van der Waals surface area contributed by atoms with E-state index in [1.165, 1.54) is 16.7 Å². The van der Waals surface area contributed by atoms with Crippen molar-refractivity contribution < 1.29 is 9.53 Å². The number of nitrogens with one attached hydrogen (secondary N) is 1. The van der Waals surface area contributed by atoms with Gasteiger partial charge >= 0.3 is 0 Å². The third-order valence-electron chi connectivity index (χ3n) is 2.98. The van der Waals surface area contributed by atoms with Crippen molar-refractivity contribution in [2.75, 3.05) is 17.8 Å². The maximum atomic E-state index is 11.9. The summed E-state index contributed by atoms with van der Waals surface area (Å²) in [5, 5.41) is 17.0. The van der Waals surface area contributed by atoms with Crippen LogP contribution in [0.3, 0.4) is 0 Å². The number of amidine groups is 1. The number of amides is 1. The predicted octanol–water partition coefficient (Wildman–Crippen LogP) is 2.28. The van der Waals surface area contributed by atoms with Gasteiger partial charge in [-0.15, -0.1) is 0 Å². The van der Waals surface area contributed by atoms with Gasteiger partial charge in [-0.2, -0.15) is 5.26 Å². The summed E-state index contributed by atoms with van der Waals surface area (Å²) < 4.78 is 5.28. The van der Waals surface area contributed by atoms with Gasteiger partial charge in [0.25, 0.3) is 0 Å². The minimum Gasteiger partial charge on any atom is -0.377 e. The molecular formula is C13H13N3O2S. The second kappa shape index (κ2) is 5.43. The van der Waals surface area contributed by atoms with Gasteiger partial charge in [0.2, 0.25) is 5.91 Å². The van der Waals surface area contributed by atoms with E-state index >= 15 is 0 Å². The van der Waals surface area contributed by atoms with Crippen LogP contribution in [0.1, 0.15) is 24.2 Å². The number of carbonyl (C=O) groups is 1. The van der Waals surface area contributed by atoms with E-state index in [9.17, 15) is 4.79 Å². The summed E-state index contributed by atoms with van der Waals surface area (Å²) in [7, 11) is 1.58.